The SMILES string of the molecule is Clc1cc2nccc(Cl)c2cn1. The number of nitrogens with zero attached hydrogens (tertiary/aromatic N) is 2. The van der Waals surface area contributed by atoms with Gasteiger partial charge < -0.3 is 0 Å². The van der Waals surface area contributed by atoms with Crippen molar-refractivity contribution in [1.29, 1.82) is 0 Å². The molecule has 2 aromatic heterocycles. The Morgan fingerprint density at radius 2 is 2.00 bits per heavy atom. The molecule has 12 heavy (non-hydrogen) atoms. The molecule has 0 saturated heterocycles. The number of fused-ring (bicyclic) bond motifs is 1. The second kappa shape index (κ2) is 2.88. The Kier molecular flexibility index (Phi) is 1.87. The van der Waals surface area contributed by atoms with E-state index in [9.17, 15) is 0 Å². The second-order valence-electron chi connectivity index (χ2n) is 2.32. The van der Waals surface area contributed by atoms with Crippen molar-refractivity contribution in [2.45, 2.75) is 0 Å². The lowest BCUT2D eigenvalue weighted by atomic mass is 10.3. The van der Waals surface area contributed by atoms with Gasteiger partial charge >= 0.3 is 0 Å². The molecule has 0 N–H and O–H groups in total. The van der Waals surface area contributed by atoms with Crippen molar-refractivity contribution in [3.8, 4) is 0 Å². The molecule has 0 radical (unpaired) electrons. The summed E-state index contributed by atoms with van der Waals surface area (Å²) in [5, 5.41) is 1.89. The van der Waals surface area contributed by atoms with Gasteiger partial charge in [-0.15, -0.1) is 0 Å². The first-order valence-corrected chi connectivity index (χ1v) is 4.09. The second-order valence-corrected chi connectivity index (χ2v) is 3.11. The van der Waals surface area contributed by atoms with E-state index in [2.05, 4.69) is 9.97 Å². The number of aromatic nitrogens is 2. The van der Waals surface area contributed by atoms with Crippen LogP contribution in [-0.4, -0.2) is 9.97 Å². The molecule has 2 aromatic rings. The van der Waals surface area contributed by atoms with Crippen molar-refractivity contribution in [3.63, 3.8) is 0 Å². The van der Waals surface area contributed by atoms with Gasteiger partial charge in [0.25, 0.3) is 0 Å². The van der Waals surface area contributed by atoms with Gasteiger partial charge in [0.05, 0.1) is 10.5 Å². The number of halogens is 2. The third-order valence-corrected chi connectivity index (χ3v) is 2.08. The minimum Gasteiger partial charge on any atom is -0.256 e. The molecule has 0 amide bonds. The number of hydrogen-bond acceptors (Lipinski definition) is 2. The van der Waals surface area contributed by atoms with Crippen molar-refractivity contribution >= 4 is 34.1 Å². The molecule has 0 aliphatic carbocycles. The molecule has 0 unspecified atom stereocenters. The molecule has 0 atom stereocenters. The van der Waals surface area contributed by atoms with Crippen molar-refractivity contribution in [3.05, 3.63) is 34.7 Å². The molecule has 60 valence electrons. The Bertz CT molecular complexity index is 428. The van der Waals surface area contributed by atoms with Crippen molar-refractivity contribution < 1.29 is 0 Å². The van der Waals surface area contributed by atoms with Crippen molar-refractivity contribution in [2.24, 2.45) is 0 Å². The van der Waals surface area contributed by atoms with Crippen LogP contribution in [0.15, 0.2) is 24.5 Å². The number of pyridine rings is 2. The van der Waals surface area contributed by atoms with Crippen LogP contribution < -0.4 is 0 Å². The maximum atomic E-state index is 5.89. The first-order valence-electron chi connectivity index (χ1n) is 3.33. The van der Waals surface area contributed by atoms with Crippen molar-refractivity contribution in [2.75, 3.05) is 0 Å². The Balaban J connectivity index is 2.86. The van der Waals surface area contributed by atoms with Gasteiger partial charge in [0.2, 0.25) is 0 Å². The van der Waals surface area contributed by atoms with Crippen LogP contribution in [0.2, 0.25) is 10.2 Å². The fraction of sp³-hybridized carbons (Fsp3) is 0. The van der Waals surface area contributed by atoms with Crippen LogP contribution in [0.1, 0.15) is 0 Å². The summed E-state index contributed by atoms with van der Waals surface area (Å²) < 4.78 is 0. The monoisotopic (exact) mass is 198 g/mol. The van der Waals surface area contributed by atoms with Gasteiger partial charge in [0, 0.05) is 23.8 Å². The largest absolute Gasteiger partial charge is 0.256 e. The Morgan fingerprint density at radius 1 is 1.17 bits per heavy atom. The third kappa shape index (κ3) is 1.24. The zero-order chi connectivity index (χ0) is 8.55. The van der Waals surface area contributed by atoms with Crippen LogP contribution in [0.25, 0.3) is 10.9 Å². The Morgan fingerprint density at radius 3 is 2.83 bits per heavy atom. The first kappa shape index (κ1) is 7.77. The number of hydrogen-bond donors (Lipinski definition) is 0. The smallest absolute Gasteiger partial charge is 0.131 e. The average Bonchev–Trinajstić information content (AvgIpc) is 2.04. The van der Waals surface area contributed by atoms with Crippen LogP contribution in [-0.2, 0) is 0 Å². The van der Waals surface area contributed by atoms with Gasteiger partial charge in [-0.2, -0.15) is 0 Å². The summed E-state index contributed by atoms with van der Waals surface area (Å²) in [4.78, 5) is 8.00. The summed E-state index contributed by atoms with van der Waals surface area (Å²) in [6, 6.07) is 3.41. The van der Waals surface area contributed by atoms with E-state index in [-0.39, 0.29) is 0 Å². The molecule has 0 fully saturated rings. The quantitative estimate of drug-likeness (QED) is 0.609. The summed E-state index contributed by atoms with van der Waals surface area (Å²) >= 11 is 11.6. The summed E-state index contributed by atoms with van der Waals surface area (Å²) in [6.07, 6.45) is 3.26. The van der Waals surface area contributed by atoms with Gasteiger partial charge in [-0.3, -0.25) is 4.98 Å². The van der Waals surface area contributed by atoms with E-state index < -0.39 is 0 Å². The van der Waals surface area contributed by atoms with E-state index in [0.717, 1.165) is 10.9 Å². The van der Waals surface area contributed by atoms with E-state index in [4.69, 9.17) is 23.2 Å². The lowest BCUT2D eigenvalue weighted by Gasteiger charge is -1.97. The van der Waals surface area contributed by atoms with E-state index in [0.29, 0.717) is 10.2 Å². The van der Waals surface area contributed by atoms with Gasteiger partial charge in [-0.1, -0.05) is 23.2 Å². The summed E-state index contributed by atoms with van der Waals surface area (Å²) in [6.45, 7) is 0. The highest BCUT2D eigenvalue weighted by Crippen LogP contribution is 2.21. The fourth-order valence-corrected chi connectivity index (χ4v) is 1.34. The maximum absolute atomic E-state index is 5.89. The van der Waals surface area contributed by atoms with Gasteiger partial charge in [-0.25, -0.2) is 4.98 Å². The highest BCUT2D eigenvalue weighted by atomic mass is 35.5. The zero-order valence-corrected chi connectivity index (χ0v) is 7.47. The average molecular weight is 199 g/mol. The number of rotatable bonds is 0. The molecule has 0 saturated carbocycles. The third-order valence-electron chi connectivity index (χ3n) is 1.54. The minimum absolute atomic E-state index is 0.428. The summed E-state index contributed by atoms with van der Waals surface area (Å²) in [5.74, 6) is 0. The molecule has 0 bridgehead atoms. The predicted molar refractivity (Wildman–Crippen MR) is 49.6 cm³/mol. The molecule has 0 aliphatic rings. The molecule has 2 heterocycles. The first-order chi connectivity index (χ1) is 5.77. The van der Waals surface area contributed by atoms with Crippen LogP contribution in [0.5, 0.6) is 0 Å². The zero-order valence-electron chi connectivity index (χ0n) is 5.96. The van der Waals surface area contributed by atoms with Gasteiger partial charge in [0.15, 0.2) is 0 Å². The van der Waals surface area contributed by atoms with E-state index in [1.165, 1.54) is 0 Å². The molecular weight excluding hydrogens is 195 g/mol. The van der Waals surface area contributed by atoms with Crippen LogP contribution in [0.4, 0.5) is 0 Å². The van der Waals surface area contributed by atoms with Gasteiger partial charge in [0.1, 0.15) is 5.15 Å². The standard InChI is InChI=1S/C8H4Cl2N2/c9-6-1-2-11-7-3-8(10)12-4-5(6)7/h1-4H. The molecule has 4 heteroatoms. The normalized spacial score (nSPS) is 10.5. The molecular formula is C8H4Cl2N2. The van der Waals surface area contributed by atoms with E-state index >= 15 is 0 Å². The molecule has 0 aliphatic heterocycles. The van der Waals surface area contributed by atoms with E-state index in [1.54, 1.807) is 24.5 Å². The highest BCUT2D eigenvalue weighted by molar-refractivity contribution is 6.35. The van der Waals surface area contributed by atoms with E-state index in [1.807, 2.05) is 0 Å². The summed E-state index contributed by atoms with van der Waals surface area (Å²) in [7, 11) is 0. The van der Waals surface area contributed by atoms with Crippen LogP contribution in [0, 0.1) is 0 Å². The Hall–Kier alpha value is -0.860. The molecule has 0 spiro atoms. The lowest BCUT2D eigenvalue weighted by molar-refractivity contribution is 1.32. The minimum atomic E-state index is 0.428. The van der Waals surface area contributed by atoms with Crippen LogP contribution in [0.3, 0.4) is 0 Å². The predicted octanol–water partition coefficient (Wildman–Crippen LogP) is 2.94. The molecule has 0 aromatic carbocycles. The molecule has 2 rings (SSSR count). The summed E-state index contributed by atoms with van der Waals surface area (Å²) in [5.41, 5.74) is 0.766. The lowest BCUT2D eigenvalue weighted by Crippen LogP contribution is -1.81. The molecule has 2 nitrogen and oxygen atoms in total. The highest BCUT2D eigenvalue weighted by Gasteiger charge is 1.99. The topological polar surface area (TPSA) is 25.8 Å². The maximum Gasteiger partial charge on any atom is 0.131 e. The Labute approximate surface area is 79.2 Å². The van der Waals surface area contributed by atoms with Gasteiger partial charge in [-0.05, 0) is 6.07 Å². The fourth-order valence-electron chi connectivity index (χ4n) is 0.984. The van der Waals surface area contributed by atoms with Crippen molar-refractivity contribution in [1.82, 2.24) is 9.97 Å². The van der Waals surface area contributed by atoms with Crippen LogP contribution >= 0.6 is 23.2 Å².